The second kappa shape index (κ2) is 9.08. The number of nitrogens with one attached hydrogen (secondary N) is 2. The van der Waals surface area contributed by atoms with Crippen LogP contribution in [-0.4, -0.2) is 31.0 Å². The van der Waals surface area contributed by atoms with Crippen LogP contribution in [0, 0.1) is 0 Å². The molecule has 2 rings (SSSR count). The number of benzene rings is 1. The van der Waals surface area contributed by atoms with Gasteiger partial charge in [-0.25, -0.2) is 0 Å². The Morgan fingerprint density at radius 3 is 2.42 bits per heavy atom. The number of hydrogen-bond donors (Lipinski definition) is 2. The summed E-state index contributed by atoms with van der Waals surface area (Å²) in [7, 11) is 0. The van der Waals surface area contributed by atoms with Crippen molar-refractivity contribution in [2.75, 3.05) is 13.1 Å². The van der Waals surface area contributed by atoms with Gasteiger partial charge in [0.2, 0.25) is 0 Å². The fourth-order valence-corrected chi connectivity index (χ4v) is 2.73. The zero-order valence-corrected chi connectivity index (χ0v) is 14.7. The Labute approximate surface area is 146 Å². The Bertz CT molecular complexity index is 669. The van der Waals surface area contributed by atoms with Crippen LogP contribution in [0.4, 0.5) is 0 Å². The van der Waals surface area contributed by atoms with Crippen LogP contribution in [0.5, 0.6) is 5.75 Å². The molecule has 0 spiro atoms. The van der Waals surface area contributed by atoms with Gasteiger partial charge in [-0.2, -0.15) is 0 Å². The molecule has 0 saturated carbocycles. The molecule has 128 valence electrons. The lowest BCUT2D eigenvalue weighted by Crippen LogP contribution is -2.30. The smallest absolute Gasteiger partial charge is 0.261 e. The van der Waals surface area contributed by atoms with Crippen LogP contribution in [0.15, 0.2) is 41.8 Å². The molecule has 2 aromatic rings. The van der Waals surface area contributed by atoms with Gasteiger partial charge in [0.25, 0.3) is 11.8 Å². The van der Waals surface area contributed by atoms with E-state index in [0.717, 1.165) is 0 Å². The minimum Gasteiger partial charge on any atom is -0.490 e. The third-order valence-corrected chi connectivity index (χ3v) is 4.03. The topological polar surface area (TPSA) is 67.4 Å². The molecule has 0 aliphatic heterocycles. The molecular formula is C18H22N2O3S. The summed E-state index contributed by atoms with van der Waals surface area (Å²) in [5, 5.41) is 7.55. The fraction of sp³-hybridized carbons (Fsp3) is 0.333. The highest BCUT2D eigenvalue weighted by molar-refractivity contribution is 7.12. The lowest BCUT2D eigenvalue weighted by Gasteiger charge is -2.14. The SMILES string of the molecule is CC(C)Oc1ccccc1C(=O)NCCCNC(=O)c1cccs1. The van der Waals surface area contributed by atoms with E-state index in [0.29, 0.717) is 35.7 Å². The van der Waals surface area contributed by atoms with Crippen LogP contribution >= 0.6 is 11.3 Å². The lowest BCUT2D eigenvalue weighted by molar-refractivity contribution is 0.0947. The average Bonchev–Trinajstić information content (AvgIpc) is 3.08. The van der Waals surface area contributed by atoms with E-state index in [1.165, 1.54) is 11.3 Å². The summed E-state index contributed by atoms with van der Waals surface area (Å²) in [6.07, 6.45) is 0.669. The van der Waals surface area contributed by atoms with Crippen molar-refractivity contribution in [3.63, 3.8) is 0 Å². The van der Waals surface area contributed by atoms with Gasteiger partial charge in [-0.05, 0) is 43.8 Å². The quantitative estimate of drug-likeness (QED) is 0.722. The van der Waals surface area contributed by atoms with Crippen molar-refractivity contribution in [2.45, 2.75) is 26.4 Å². The van der Waals surface area contributed by atoms with Crippen LogP contribution in [0.2, 0.25) is 0 Å². The van der Waals surface area contributed by atoms with Crippen molar-refractivity contribution in [3.05, 3.63) is 52.2 Å². The molecule has 5 nitrogen and oxygen atoms in total. The maximum atomic E-state index is 12.3. The van der Waals surface area contributed by atoms with Crippen molar-refractivity contribution < 1.29 is 14.3 Å². The number of para-hydroxylation sites is 1. The third-order valence-electron chi connectivity index (χ3n) is 3.16. The Hall–Kier alpha value is -2.34. The number of carbonyl (C=O) groups excluding carboxylic acids is 2. The van der Waals surface area contributed by atoms with E-state index >= 15 is 0 Å². The summed E-state index contributed by atoms with van der Waals surface area (Å²) in [4.78, 5) is 24.7. The summed E-state index contributed by atoms with van der Waals surface area (Å²) in [5.41, 5.74) is 0.522. The lowest BCUT2D eigenvalue weighted by atomic mass is 10.2. The largest absolute Gasteiger partial charge is 0.490 e. The molecule has 0 aliphatic carbocycles. The van der Waals surface area contributed by atoms with E-state index in [1.54, 1.807) is 18.2 Å². The highest BCUT2D eigenvalue weighted by Crippen LogP contribution is 2.19. The van der Waals surface area contributed by atoms with E-state index in [9.17, 15) is 9.59 Å². The molecular weight excluding hydrogens is 324 g/mol. The number of amides is 2. The Kier molecular flexibility index (Phi) is 6.81. The van der Waals surface area contributed by atoms with Crippen molar-refractivity contribution in [3.8, 4) is 5.75 Å². The van der Waals surface area contributed by atoms with Crippen molar-refractivity contribution in [2.24, 2.45) is 0 Å². The second-order valence-corrected chi connectivity index (χ2v) is 6.45. The molecule has 2 N–H and O–H groups in total. The van der Waals surface area contributed by atoms with E-state index < -0.39 is 0 Å². The van der Waals surface area contributed by atoms with Crippen molar-refractivity contribution in [1.82, 2.24) is 10.6 Å². The Morgan fingerprint density at radius 2 is 1.75 bits per heavy atom. The van der Waals surface area contributed by atoms with E-state index in [-0.39, 0.29) is 17.9 Å². The molecule has 0 fully saturated rings. The van der Waals surface area contributed by atoms with Gasteiger partial charge in [-0.3, -0.25) is 9.59 Å². The maximum absolute atomic E-state index is 12.3. The number of thiophene rings is 1. The number of ether oxygens (including phenoxy) is 1. The van der Waals surface area contributed by atoms with Crippen LogP contribution in [0.3, 0.4) is 0 Å². The molecule has 1 heterocycles. The average molecular weight is 346 g/mol. The zero-order chi connectivity index (χ0) is 17.4. The molecule has 1 aromatic carbocycles. The molecule has 2 amide bonds. The molecule has 0 bridgehead atoms. The van der Waals surface area contributed by atoms with Gasteiger partial charge in [-0.1, -0.05) is 18.2 Å². The monoisotopic (exact) mass is 346 g/mol. The molecule has 0 unspecified atom stereocenters. The predicted molar refractivity (Wildman–Crippen MR) is 95.8 cm³/mol. The second-order valence-electron chi connectivity index (χ2n) is 5.51. The van der Waals surface area contributed by atoms with Gasteiger partial charge in [0.05, 0.1) is 16.5 Å². The van der Waals surface area contributed by atoms with Gasteiger partial charge >= 0.3 is 0 Å². The van der Waals surface area contributed by atoms with Gasteiger partial charge in [-0.15, -0.1) is 11.3 Å². The summed E-state index contributed by atoms with van der Waals surface area (Å²) in [6, 6.07) is 10.8. The summed E-state index contributed by atoms with van der Waals surface area (Å²) >= 11 is 1.41. The number of rotatable bonds is 8. The van der Waals surface area contributed by atoms with Gasteiger partial charge in [0.15, 0.2) is 0 Å². The first kappa shape index (κ1) is 18.0. The number of carbonyl (C=O) groups is 2. The summed E-state index contributed by atoms with van der Waals surface area (Å²) in [6.45, 7) is 4.84. The molecule has 0 aliphatic rings. The molecule has 0 saturated heterocycles. The van der Waals surface area contributed by atoms with Crippen LogP contribution in [0.1, 0.15) is 40.3 Å². The van der Waals surface area contributed by atoms with Gasteiger partial charge < -0.3 is 15.4 Å². The Balaban J connectivity index is 1.74. The van der Waals surface area contributed by atoms with E-state index in [2.05, 4.69) is 10.6 Å². The van der Waals surface area contributed by atoms with Crippen LogP contribution in [0.25, 0.3) is 0 Å². The molecule has 24 heavy (non-hydrogen) atoms. The Morgan fingerprint density at radius 1 is 1.04 bits per heavy atom. The highest BCUT2D eigenvalue weighted by Gasteiger charge is 2.12. The third kappa shape index (κ3) is 5.38. The first-order chi connectivity index (χ1) is 11.6. The molecule has 6 heteroatoms. The molecule has 1 aromatic heterocycles. The van der Waals surface area contributed by atoms with Crippen molar-refractivity contribution in [1.29, 1.82) is 0 Å². The van der Waals surface area contributed by atoms with Crippen LogP contribution in [-0.2, 0) is 0 Å². The molecule has 0 radical (unpaired) electrons. The highest BCUT2D eigenvalue weighted by atomic mass is 32.1. The van der Waals surface area contributed by atoms with Gasteiger partial charge in [0.1, 0.15) is 5.75 Å². The zero-order valence-electron chi connectivity index (χ0n) is 13.9. The minimum atomic E-state index is -0.171. The van der Waals surface area contributed by atoms with Crippen LogP contribution < -0.4 is 15.4 Å². The van der Waals surface area contributed by atoms with E-state index in [4.69, 9.17) is 4.74 Å². The minimum absolute atomic E-state index is 0.00594. The number of hydrogen-bond acceptors (Lipinski definition) is 4. The maximum Gasteiger partial charge on any atom is 0.261 e. The first-order valence-corrected chi connectivity index (χ1v) is 8.81. The van der Waals surface area contributed by atoms with Gasteiger partial charge in [0, 0.05) is 13.1 Å². The summed E-state index contributed by atoms with van der Waals surface area (Å²) in [5.74, 6) is 0.332. The molecule has 0 atom stereocenters. The summed E-state index contributed by atoms with van der Waals surface area (Å²) < 4.78 is 5.65. The predicted octanol–water partition coefficient (Wildman–Crippen LogP) is 3.09. The fourth-order valence-electron chi connectivity index (χ4n) is 2.09. The standard InChI is InChI=1S/C18H22N2O3S/c1-13(2)23-15-8-4-3-7-14(15)17(21)19-10-6-11-20-18(22)16-9-5-12-24-16/h3-5,7-9,12-13H,6,10-11H2,1-2H3,(H,19,21)(H,20,22). The van der Waals surface area contributed by atoms with Crippen molar-refractivity contribution >= 4 is 23.2 Å². The first-order valence-electron chi connectivity index (χ1n) is 7.93. The normalized spacial score (nSPS) is 10.5. The van der Waals surface area contributed by atoms with E-state index in [1.807, 2.05) is 37.4 Å².